The molecule has 3 heteroatoms. The zero-order valence-corrected chi connectivity index (χ0v) is 12.9. The summed E-state index contributed by atoms with van der Waals surface area (Å²) in [6.07, 6.45) is 3.84. The molecular formula is C17H27NO2. The first-order chi connectivity index (χ1) is 9.65. The van der Waals surface area contributed by atoms with Crippen molar-refractivity contribution in [2.45, 2.75) is 53.0 Å². The minimum atomic E-state index is 0.130. The Morgan fingerprint density at radius 1 is 1.30 bits per heavy atom. The molecule has 1 aromatic carbocycles. The summed E-state index contributed by atoms with van der Waals surface area (Å²) in [5.74, 6) is 1.46. The van der Waals surface area contributed by atoms with Gasteiger partial charge in [0.05, 0.1) is 6.61 Å². The van der Waals surface area contributed by atoms with E-state index in [4.69, 9.17) is 4.74 Å². The molecule has 0 bridgehead atoms. The maximum atomic E-state index is 11.8. The van der Waals surface area contributed by atoms with Gasteiger partial charge in [-0.25, -0.2) is 0 Å². The van der Waals surface area contributed by atoms with Gasteiger partial charge in [0, 0.05) is 13.0 Å². The number of benzene rings is 1. The number of hydrogen-bond acceptors (Lipinski definition) is 2. The Bertz CT molecular complexity index is 404. The van der Waals surface area contributed by atoms with Crippen LogP contribution in [0.5, 0.6) is 5.75 Å². The summed E-state index contributed by atoms with van der Waals surface area (Å²) in [5, 5.41) is 2.98. The molecule has 112 valence electrons. The normalized spacial score (nSPS) is 11.9. The quantitative estimate of drug-likeness (QED) is 0.743. The van der Waals surface area contributed by atoms with Gasteiger partial charge in [-0.3, -0.25) is 4.79 Å². The van der Waals surface area contributed by atoms with Gasteiger partial charge in [0.2, 0.25) is 5.91 Å². The highest BCUT2D eigenvalue weighted by Gasteiger charge is 2.08. The zero-order chi connectivity index (χ0) is 14.8. The monoisotopic (exact) mass is 277 g/mol. The van der Waals surface area contributed by atoms with E-state index in [1.807, 2.05) is 24.3 Å². The number of rotatable bonds is 9. The molecule has 1 N–H and O–H groups in total. The van der Waals surface area contributed by atoms with Crippen molar-refractivity contribution in [1.29, 1.82) is 0 Å². The van der Waals surface area contributed by atoms with Crippen LogP contribution < -0.4 is 10.1 Å². The van der Waals surface area contributed by atoms with Gasteiger partial charge in [0.25, 0.3) is 0 Å². The molecule has 0 aliphatic heterocycles. The highest BCUT2D eigenvalue weighted by Crippen LogP contribution is 2.14. The molecule has 0 saturated carbocycles. The van der Waals surface area contributed by atoms with E-state index in [1.165, 1.54) is 0 Å². The standard InChI is InChI=1S/C17H27NO2/c1-4-7-14(3)11-17(19)18-13-15-8-6-9-16(12-15)20-10-5-2/h6,8-9,12,14H,4-5,7,10-11,13H2,1-3H3,(H,18,19). The van der Waals surface area contributed by atoms with E-state index in [0.717, 1.165) is 37.2 Å². The van der Waals surface area contributed by atoms with Crippen LogP contribution in [0.25, 0.3) is 0 Å². The lowest BCUT2D eigenvalue weighted by atomic mass is 10.0. The minimum Gasteiger partial charge on any atom is -0.494 e. The lowest BCUT2D eigenvalue weighted by molar-refractivity contribution is -0.122. The second kappa shape index (κ2) is 9.40. The maximum Gasteiger partial charge on any atom is 0.220 e. The maximum absolute atomic E-state index is 11.8. The highest BCUT2D eigenvalue weighted by atomic mass is 16.5. The number of nitrogens with one attached hydrogen (secondary N) is 1. The topological polar surface area (TPSA) is 38.3 Å². The molecule has 0 fully saturated rings. The highest BCUT2D eigenvalue weighted by molar-refractivity contribution is 5.76. The molecule has 1 atom stereocenters. The van der Waals surface area contributed by atoms with Crippen molar-refractivity contribution in [3.8, 4) is 5.75 Å². The lowest BCUT2D eigenvalue weighted by Crippen LogP contribution is -2.24. The van der Waals surface area contributed by atoms with E-state index >= 15 is 0 Å². The predicted octanol–water partition coefficient (Wildman–Crippen LogP) is 3.92. The Hall–Kier alpha value is -1.51. The molecule has 0 heterocycles. The minimum absolute atomic E-state index is 0.130. The van der Waals surface area contributed by atoms with Crippen molar-refractivity contribution in [2.24, 2.45) is 5.92 Å². The van der Waals surface area contributed by atoms with Gasteiger partial charge in [-0.05, 0) is 30.0 Å². The molecular weight excluding hydrogens is 250 g/mol. The summed E-state index contributed by atoms with van der Waals surface area (Å²) in [4.78, 5) is 11.8. The van der Waals surface area contributed by atoms with Crippen LogP contribution in [-0.2, 0) is 11.3 Å². The van der Waals surface area contributed by atoms with Gasteiger partial charge in [-0.2, -0.15) is 0 Å². The molecule has 1 aromatic rings. The third kappa shape index (κ3) is 6.60. The number of hydrogen-bond donors (Lipinski definition) is 1. The third-order valence-corrected chi connectivity index (χ3v) is 3.18. The summed E-state index contributed by atoms with van der Waals surface area (Å²) in [6, 6.07) is 7.91. The summed E-state index contributed by atoms with van der Waals surface area (Å²) in [7, 11) is 0. The van der Waals surface area contributed by atoms with Gasteiger partial charge < -0.3 is 10.1 Å². The number of carbonyl (C=O) groups excluding carboxylic acids is 1. The fraction of sp³-hybridized carbons (Fsp3) is 0.588. The van der Waals surface area contributed by atoms with Gasteiger partial charge in [-0.15, -0.1) is 0 Å². The largest absolute Gasteiger partial charge is 0.494 e. The number of amides is 1. The van der Waals surface area contributed by atoms with Crippen LogP contribution in [-0.4, -0.2) is 12.5 Å². The van der Waals surface area contributed by atoms with Crippen molar-refractivity contribution in [2.75, 3.05) is 6.61 Å². The van der Waals surface area contributed by atoms with Crippen LogP contribution in [0.1, 0.15) is 52.0 Å². The fourth-order valence-electron chi connectivity index (χ4n) is 2.15. The number of carbonyl (C=O) groups is 1. The van der Waals surface area contributed by atoms with Gasteiger partial charge in [0.1, 0.15) is 5.75 Å². The SMILES string of the molecule is CCCOc1cccc(CNC(=O)CC(C)CCC)c1. The first-order valence-electron chi connectivity index (χ1n) is 7.64. The molecule has 1 unspecified atom stereocenters. The Morgan fingerprint density at radius 3 is 2.80 bits per heavy atom. The molecule has 1 rings (SSSR count). The van der Waals surface area contributed by atoms with E-state index in [2.05, 4.69) is 26.1 Å². The Labute approximate surface area is 122 Å². The van der Waals surface area contributed by atoms with Crippen molar-refractivity contribution in [3.63, 3.8) is 0 Å². The lowest BCUT2D eigenvalue weighted by Gasteiger charge is -2.11. The van der Waals surface area contributed by atoms with Crippen LogP contribution in [0.3, 0.4) is 0 Å². The molecule has 20 heavy (non-hydrogen) atoms. The molecule has 3 nitrogen and oxygen atoms in total. The summed E-state index contributed by atoms with van der Waals surface area (Å²) in [5.41, 5.74) is 1.08. The molecule has 0 aromatic heterocycles. The van der Waals surface area contributed by atoms with Crippen molar-refractivity contribution >= 4 is 5.91 Å². The van der Waals surface area contributed by atoms with Gasteiger partial charge >= 0.3 is 0 Å². The van der Waals surface area contributed by atoms with Crippen LogP contribution >= 0.6 is 0 Å². The van der Waals surface area contributed by atoms with E-state index in [9.17, 15) is 4.79 Å². The Kier molecular flexibility index (Phi) is 7.78. The van der Waals surface area contributed by atoms with Crippen LogP contribution in [0.4, 0.5) is 0 Å². The van der Waals surface area contributed by atoms with Crippen molar-refractivity contribution in [1.82, 2.24) is 5.32 Å². The third-order valence-electron chi connectivity index (χ3n) is 3.18. The molecule has 0 aliphatic carbocycles. The second-order valence-corrected chi connectivity index (χ2v) is 5.37. The molecule has 0 saturated heterocycles. The second-order valence-electron chi connectivity index (χ2n) is 5.37. The predicted molar refractivity (Wildman–Crippen MR) is 82.8 cm³/mol. The summed E-state index contributed by atoms with van der Waals surface area (Å²) < 4.78 is 5.59. The summed E-state index contributed by atoms with van der Waals surface area (Å²) in [6.45, 7) is 7.66. The van der Waals surface area contributed by atoms with E-state index in [-0.39, 0.29) is 5.91 Å². The molecule has 1 amide bonds. The van der Waals surface area contributed by atoms with Crippen molar-refractivity contribution < 1.29 is 9.53 Å². The molecule has 0 spiro atoms. The first kappa shape index (κ1) is 16.5. The Balaban J connectivity index is 2.39. The van der Waals surface area contributed by atoms with Crippen molar-refractivity contribution in [3.05, 3.63) is 29.8 Å². The summed E-state index contributed by atoms with van der Waals surface area (Å²) >= 11 is 0. The Morgan fingerprint density at radius 2 is 2.10 bits per heavy atom. The van der Waals surface area contributed by atoms with E-state index in [1.54, 1.807) is 0 Å². The molecule has 0 radical (unpaired) electrons. The van der Waals surface area contributed by atoms with Crippen LogP contribution in [0, 0.1) is 5.92 Å². The first-order valence-corrected chi connectivity index (χ1v) is 7.64. The smallest absolute Gasteiger partial charge is 0.220 e. The zero-order valence-electron chi connectivity index (χ0n) is 12.9. The molecule has 0 aliphatic rings. The van der Waals surface area contributed by atoms with Crippen LogP contribution in [0.15, 0.2) is 24.3 Å². The van der Waals surface area contributed by atoms with Crippen LogP contribution in [0.2, 0.25) is 0 Å². The van der Waals surface area contributed by atoms with Gasteiger partial charge in [0.15, 0.2) is 0 Å². The fourth-order valence-corrected chi connectivity index (χ4v) is 2.15. The van der Waals surface area contributed by atoms with Gasteiger partial charge in [-0.1, -0.05) is 45.7 Å². The number of ether oxygens (including phenoxy) is 1. The average Bonchev–Trinajstić information content (AvgIpc) is 2.43. The van der Waals surface area contributed by atoms with E-state index in [0.29, 0.717) is 18.9 Å². The van der Waals surface area contributed by atoms with E-state index < -0.39 is 0 Å². The average molecular weight is 277 g/mol.